The van der Waals surface area contributed by atoms with Crippen molar-refractivity contribution in [1.29, 1.82) is 10.7 Å². The van der Waals surface area contributed by atoms with Crippen LogP contribution in [0.25, 0.3) is 0 Å². The molecule has 0 spiro atoms. The molecule has 4 N–H and O–H groups in total. The zero-order valence-corrected chi connectivity index (χ0v) is 13.6. The van der Waals surface area contributed by atoms with E-state index in [1.807, 2.05) is 0 Å². The number of benzene rings is 2. The monoisotopic (exact) mass is 351 g/mol. The topological polar surface area (TPSA) is 143 Å². The van der Waals surface area contributed by atoms with Crippen LogP contribution in [0.5, 0.6) is 23.0 Å². The number of nitriles is 1. The molecule has 2 aromatic rings. The van der Waals surface area contributed by atoms with E-state index in [0.717, 1.165) is 0 Å². The number of carbonyl (C=O) groups excluding carboxylic acids is 1. The summed E-state index contributed by atoms with van der Waals surface area (Å²) >= 11 is 0. The highest BCUT2D eigenvalue weighted by Gasteiger charge is 2.24. The quantitative estimate of drug-likeness (QED) is 0.284. The Morgan fingerprint density at radius 2 is 1.96 bits per heavy atom. The maximum Gasteiger partial charge on any atom is 0.338 e. The first kappa shape index (κ1) is 16.8. The lowest BCUT2D eigenvalue weighted by Crippen LogP contribution is -2.22. The number of esters is 1. The van der Waals surface area contributed by atoms with Gasteiger partial charge in [-0.25, -0.2) is 4.79 Å². The maximum atomic E-state index is 11.9. The molecule has 3 rings (SSSR count). The molecule has 0 bridgehead atoms. The number of ether oxygens (including phenoxy) is 3. The number of amidine groups is 1. The van der Waals surface area contributed by atoms with Gasteiger partial charge in [0.15, 0.2) is 28.8 Å². The van der Waals surface area contributed by atoms with Gasteiger partial charge in [-0.05, 0) is 24.3 Å². The van der Waals surface area contributed by atoms with Gasteiger partial charge in [-0.15, -0.1) is 0 Å². The predicted octanol–water partition coefficient (Wildman–Crippen LogP) is 2.60. The van der Waals surface area contributed by atoms with Crippen LogP contribution in [-0.2, 0) is 4.74 Å². The minimum absolute atomic E-state index is 0.188. The zero-order valence-electron chi connectivity index (χ0n) is 13.6. The third-order valence-corrected chi connectivity index (χ3v) is 3.41. The largest absolute Gasteiger partial charge is 0.465 e. The number of nitrogens with two attached hydrogens (primary N) is 1. The molecular formula is C17H13N5O4. The molecule has 26 heavy (non-hydrogen) atoms. The fourth-order valence-corrected chi connectivity index (χ4v) is 2.21. The SMILES string of the molecule is COC(=O)c1cc(N/N=C(\C#N)C(=N)N)c2c(c1)Oc1ccccc1O2. The van der Waals surface area contributed by atoms with E-state index in [-0.39, 0.29) is 28.5 Å². The number of anilines is 1. The average molecular weight is 351 g/mol. The Morgan fingerprint density at radius 3 is 2.58 bits per heavy atom. The van der Waals surface area contributed by atoms with Crippen LogP contribution >= 0.6 is 0 Å². The third kappa shape index (κ3) is 3.11. The summed E-state index contributed by atoms with van der Waals surface area (Å²) in [5, 5.41) is 20.0. The van der Waals surface area contributed by atoms with Gasteiger partial charge in [0.05, 0.1) is 12.7 Å². The second-order valence-electron chi connectivity index (χ2n) is 5.09. The molecule has 0 unspecified atom stereocenters. The number of nitrogens with one attached hydrogen (secondary N) is 2. The number of rotatable bonds is 4. The van der Waals surface area contributed by atoms with E-state index in [1.54, 1.807) is 30.3 Å². The molecule has 1 heterocycles. The van der Waals surface area contributed by atoms with Crippen LogP contribution < -0.4 is 20.6 Å². The van der Waals surface area contributed by atoms with E-state index in [4.69, 9.17) is 30.6 Å². The van der Waals surface area contributed by atoms with Crippen molar-refractivity contribution >= 4 is 23.2 Å². The van der Waals surface area contributed by atoms with Crippen LogP contribution in [0.4, 0.5) is 5.69 Å². The number of hydrazone groups is 1. The van der Waals surface area contributed by atoms with Crippen molar-refractivity contribution in [2.75, 3.05) is 12.5 Å². The van der Waals surface area contributed by atoms with Crippen LogP contribution in [0, 0.1) is 16.7 Å². The summed E-state index contributed by atoms with van der Waals surface area (Å²) in [5.74, 6) is 0.407. The van der Waals surface area contributed by atoms with E-state index >= 15 is 0 Å². The number of methoxy groups -OCH3 is 1. The van der Waals surface area contributed by atoms with E-state index in [0.29, 0.717) is 11.5 Å². The van der Waals surface area contributed by atoms with Crippen LogP contribution in [0.3, 0.4) is 0 Å². The number of hydrogen-bond donors (Lipinski definition) is 3. The van der Waals surface area contributed by atoms with Gasteiger partial charge < -0.3 is 19.9 Å². The Balaban J connectivity index is 2.07. The molecular weight excluding hydrogens is 338 g/mol. The Labute approximate surface area is 148 Å². The first-order chi connectivity index (χ1) is 12.5. The Morgan fingerprint density at radius 1 is 1.27 bits per heavy atom. The fourth-order valence-electron chi connectivity index (χ4n) is 2.21. The molecule has 1 aliphatic rings. The first-order valence-electron chi connectivity index (χ1n) is 7.32. The highest BCUT2D eigenvalue weighted by atomic mass is 16.6. The molecule has 0 aliphatic carbocycles. The standard InChI is InChI=1S/C17H13N5O4/c1-24-17(23)9-6-10(21-22-11(8-18)16(19)20)15-14(7-9)25-12-4-2-3-5-13(12)26-15/h2-7,21H,1H3,(H3,19,20)/b22-11+. The third-order valence-electron chi connectivity index (χ3n) is 3.41. The fraction of sp³-hybridized carbons (Fsp3) is 0.0588. The average Bonchev–Trinajstić information content (AvgIpc) is 2.65. The molecule has 1 aliphatic heterocycles. The Hall–Kier alpha value is -4.06. The minimum Gasteiger partial charge on any atom is -0.465 e. The summed E-state index contributed by atoms with van der Waals surface area (Å²) in [6.45, 7) is 0. The molecule has 2 aromatic carbocycles. The molecule has 130 valence electrons. The van der Waals surface area contributed by atoms with Crippen LogP contribution in [0.15, 0.2) is 41.5 Å². The summed E-state index contributed by atoms with van der Waals surface area (Å²) in [5.41, 5.74) is 7.97. The minimum atomic E-state index is -0.589. The number of hydrogen-bond acceptors (Lipinski definition) is 8. The lowest BCUT2D eigenvalue weighted by molar-refractivity contribution is 0.0600. The van der Waals surface area contributed by atoms with Crippen molar-refractivity contribution < 1.29 is 19.0 Å². The Bertz CT molecular complexity index is 978. The van der Waals surface area contributed by atoms with E-state index in [1.165, 1.54) is 19.2 Å². The molecule has 0 fully saturated rings. The lowest BCUT2D eigenvalue weighted by atomic mass is 10.1. The first-order valence-corrected chi connectivity index (χ1v) is 7.32. The Kier molecular flexibility index (Phi) is 4.40. The van der Waals surface area contributed by atoms with E-state index in [9.17, 15) is 4.79 Å². The van der Waals surface area contributed by atoms with Gasteiger partial charge in [0.1, 0.15) is 11.8 Å². The summed E-state index contributed by atoms with van der Waals surface area (Å²) in [7, 11) is 1.25. The van der Waals surface area contributed by atoms with Crippen LogP contribution in [-0.4, -0.2) is 24.6 Å². The van der Waals surface area contributed by atoms with Gasteiger partial charge in [0, 0.05) is 0 Å². The summed E-state index contributed by atoms with van der Waals surface area (Å²) in [6.07, 6.45) is 0. The van der Waals surface area contributed by atoms with Crippen molar-refractivity contribution in [3.63, 3.8) is 0 Å². The lowest BCUT2D eigenvalue weighted by Gasteiger charge is -2.23. The number of carbonyl (C=O) groups is 1. The van der Waals surface area contributed by atoms with Gasteiger partial charge in [-0.1, -0.05) is 12.1 Å². The van der Waals surface area contributed by atoms with Crippen molar-refractivity contribution in [1.82, 2.24) is 0 Å². The molecule has 9 heteroatoms. The zero-order chi connectivity index (χ0) is 18.7. The second-order valence-corrected chi connectivity index (χ2v) is 5.09. The van der Waals surface area contributed by atoms with E-state index < -0.39 is 11.8 Å². The van der Waals surface area contributed by atoms with Crippen molar-refractivity contribution in [2.24, 2.45) is 10.8 Å². The van der Waals surface area contributed by atoms with E-state index in [2.05, 4.69) is 10.5 Å². The number of nitrogens with zero attached hydrogens (tertiary/aromatic N) is 2. The van der Waals surface area contributed by atoms with Crippen LogP contribution in [0.2, 0.25) is 0 Å². The molecule has 0 atom stereocenters. The van der Waals surface area contributed by atoms with Crippen molar-refractivity contribution in [2.45, 2.75) is 0 Å². The predicted molar refractivity (Wildman–Crippen MR) is 93.0 cm³/mol. The van der Waals surface area contributed by atoms with Gasteiger partial charge in [0.2, 0.25) is 5.71 Å². The molecule has 0 saturated heterocycles. The normalized spacial score (nSPS) is 11.8. The molecule has 0 saturated carbocycles. The summed E-state index contributed by atoms with van der Waals surface area (Å²) < 4.78 is 16.3. The maximum absolute atomic E-state index is 11.9. The number of para-hydroxylation sites is 2. The molecule has 0 amide bonds. The second kappa shape index (κ2) is 6.82. The van der Waals surface area contributed by atoms with Gasteiger partial charge in [-0.3, -0.25) is 10.8 Å². The highest BCUT2D eigenvalue weighted by Crippen LogP contribution is 2.49. The van der Waals surface area contributed by atoms with Gasteiger partial charge >= 0.3 is 5.97 Å². The van der Waals surface area contributed by atoms with Crippen molar-refractivity contribution in [3.05, 3.63) is 42.0 Å². The van der Waals surface area contributed by atoms with Gasteiger partial charge in [0.25, 0.3) is 0 Å². The highest BCUT2D eigenvalue weighted by molar-refractivity contribution is 6.45. The molecule has 0 aromatic heterocycles. The van der Waals surface area contributed by atoms with Crippen molar-refractivity contribution in [3.8, 4) is 29.1 Å². The number of fused-ring (bicyclic) bond motifs is 2. The molecule has 9 nitrogen and oxygen atoms in total. The summed E-state index contributed by atoms with van der Waals surface area (Å²) in [6, 6.07) is 11.6. The summed E-state index contributed by atoms with van der Waals surface area (Å²) in [4.78, 5) is 11.9. The smallest absolute Gasteiger partial charge is 0.338 e. The van der Waals surface area contributed by atoms with Gasteiger partial charge in [-0.2, -0.15) is 10.4 Å². The van der Waals surface area contributed by atoms with Crippen LogP contribution in [0.1, 0.15) is 10.4 Å². The molecule has 0 radical (unpaired) electrons.